The summed E-state index contributed by atoms with van der Waals surface area (Å²) in [5, 5.41) is 2.73. The largest absolute Gasteiger partial charge is 0.381 e. The Morgan fingerprint density at radius 2 is 2.44 bits per heavy atom. The maximum absolute atomic E-state index is 10.3. The summed E-state index contributed by atoms with van der Waals surface area (Å²) in [6.07, 6.45) is 0. The Labute approximate surface area is 54.4 Å². The molecule has 0 bridgehead atoms. The lowest BCUT2D eigenvalue weighted by Crippen LogP contribution is -2.38. The maximum atomic E-state index is 10.3. The molecule has 1 fully saturated rings. The van der Waals surface area contributed by atoms with Gasteiger partial charge in [-0.3, -0.25) is 4.79 Å². The first-order valence-corrected chi connectivity index (χ1v) is 3.11. The van der Waals surface area contributed by atoms with E-state index in [0.29, 0.717) is 5.92 Å². The van der Waals surface area contributed by atoms with Gasteiger partial charge >= 0.3 is 0 Å². The summed E-state index contributed by atoms with van der Waals surface area (Å²) >= 11 is 0. The van der Waals surface area contributed by atoms with E-state index in [4.69, 9.17) is 4.74 Å². The second-order valence-corrected chi connectivity index (χ2v) is 2.34. The fourth-order valence-corrected chi connectivity index (χ4v) is 0.690. The van der Waals surface area contributed by atoms with Crippen LogP contribution in [0.25, 0.3) is 0 Å². The van der Waals surface area contributed by atoms with E-state index in [0.717, 1.165) is 19.8 Å². The molecule has 0 saturated carbocycles. The minimum atomic E-state index is 0.0434. The van der Waals surface area contributed by atoms with Gasteiger partial charge in [0.25, 0.3) is 0 Å². The number of rotatable bonds is 2. The molecule has 1 aliphatic heterocycles. The first-order valence-electron chi connectivity index (χ1n) is 3.11. The van der Waals surface area contributed by atoms with Crippen LogP contribution >= 0.6 is 0 Å². The smallest absolute Gasteiger partial charge is 0.216 e. The molecule has 0 atom stereocenters. The molecule has 3 nitrogen and oxygen atoms in total. The van der Waals surface area contributed by atoms with Gasteiger partial charge < -0.3 is 10.1 Å². The number of carbonyl (C=O) groups is 1. The maximum Gasteiger partial charge on any atom is 0.216 e. The number of nitrogens with one attached hydrogen (secondary N) is 1. The summed E-state index contributed by atoms with van der Waals surface area (Å²) in [6, 6.07) is 0. The highest BCUT2D eigenvalue weighted by Crippen LogP contribution is 2.07. The third-order valence-corrected chi connectivity index (χ3v) is 1.35. The molecular weight excluding hydrogens is 118 g/mol. The van der Waals surface area contributed by atoms with E-state index in [1.807, 2.05) is 0 Å². The first kappa shape index (κ1) is 6.55. The zero-order chi connectivity index (χ0) is 6.69. The molecule has 0 unspecified atom stereocenters. The molecule has 1 rings (SSSR count). The van der Waals surface area contributed by atoms with Crippen LogP contribution in [-0.4, -0.2) is 25.7 Å². The molecule has 0 spiro atoms. The lowest BCUT2D eigenvalue weighted by atomic mass is 10.1. The molecule has 9 heavy (non-hydrogen) atoms. The highest BCUT2D eigenvalue weighted by atomic mass is 16.5. The SMILES string of the molecule is CC(=O)NCC1COC1. The molecule has 3 heteroatoms. The van der Waals surface area contributed by atoms with Gasteiger partial charge in [0.05, 0.1) is 13.2 Å². The predicted octanol–water partition coefficient (Wildman–Crippen LogP) is -0.231. The van der Waals surface area contributed by atoms with Crippen LogP contribution in [0.2, 0.25) is 0 Å². The van der Waals surface area contributed by atoms with E-state index in [1.54, 1.807) is 0 Å². The van der Waals surface area contributed by atoms with Crippen molar-refractivity contribution in [3.05, 3.63) is 0 Å². The zero-order valence-electron chi connectivity index (χ0n) is 5.52. The lowest BCUT2D eigenvalue weighted by Gasteiger charge is -2.25. The summed E-state index contributed by atoms with van der Waals surface area (Å²) in [5.74, 6) is 0.607. The van der Waals surface area contributed by atoms with Crippen LogP contribution in [-0.2, 0) is 9.53 Å². The van der Waals surface area contributed by atoms with E-state index in [9.17, 15) is 4.79 Å². The molecular formula is C6H11NO2. The Balaban J connectivity index is 1.97. The van der Waals surface area contributed by atoms with Gasteiger partial charge in [0.2, 0.25) is 5.91 Å². The Morgan fingerprint density at radius 1 is 1.78 bits per heavy atom. The molecule has 1 N–H and O–H groups in total. The normalized spacial score (nSPS) is 18.8. The Hall–Kier alpha value is -0.570. The van der Waals surface area contributed by atoms with Gasteiger partial charge in [-0.1, -0.05) is 0 Å². The molecule has 0 aromatic rings. The van der Waals surface area contributed by atoms with Crippen molar-refractivity contribution in [2.75, 3.05) is 19.8 Å². The van der Waals surface area contributed by atoms with Crippen molar-refractivity contribution in [1.29, 1.82) is 0 Å². The van der Waals surface area contributed by atoms with Crippen molar-refractivity contribution in [1.82, 2.24) is 5.32 Å². The quantitative estimate of drug-likeness (QED) is 0.559. The molecule has 52 valence electrons. The minimum Gasteiger partial charge on any atom is -0.381 e. The number of amides is 1. The predicted molar refractivity (Wildman–Crippen MR) is 33.0 cm³/mol. The van der Waals surface area contributed by atoms with E-state index in [1.165, 1.54) is 6.92 Å². The number of hydrogen-bond donors (Lipinski definition) is 1. The number of ether oxygens (including phenoxy) is 1. The molecule has 0 aliphatic carbocycles. The molecule has 0 aromatic heterocycles. The van der Waals surface area contributed by atoms with Gasteiger partial charge in [-0.15, -0.1) is 0 Å². The van der Waals surface area contributed by atoms with Crippen LogP contribution in [0, 0.1) is 5.92 Å². The van der Waals surface area contributed by atoms with Crippen molar-refractivity contribution in [2.45, 2.75) is 6.92 Å². The summed E-state index contributed by atoms with van der Waals surface area (Å²) in [5.41, 5.74) is 0. The highest BCUT2D eigenvalue weighted by molar-refractivity contribution is 5.72. The molecule has 1 heterocycles. The summed E-state index contributed by atoms with van der Waals surface area (Å²) in [7, 11) is 0. The summed E-state index contributed by atoms with van der Waals surface area (Å²) in [4.78, 5) is 10.3. The van der Waals surface area contributed by atoms with Crippen LogP contribution in [0.3, 0.4) is 0 Å². The van der Waals surface area contributed by atoms with Crippen molar-refractivity contribution >= 4 is 5.91 Å². The van der Waals surface area contributed by atoms with Gasteiger partial charge in [-0.2, -0.15) is 0 Å². The van der Waals surface area contributed by atoms with Gasteiger partial charge in [0, 0.05) is 19.4 Å². The van der Waals surface area contributed by atoms with Gasteiger partial charge in [0.15, 0.2) is 0 Å². The highest BCUT2D eigenvalue weighted by Gasteiger charge is 2.17. The first-order chi connectivity index (χ1) is 4.29. The third kappa shape index (κ3) is 2.01. The topological polar surface area (TPSA) is 38.3 Å². The lowest BCUT2D eigenvalue weighted by molar-refractivity contribution is -0.120. The fourth-order valence-electron chi connectivity index (χ4n) is 0.690. The molecule has 0 aromatic carbocycles. The number of hydrogen-bond acceptors (Lipinski definition) is 2. The van der Waals surface area contributed by atoms with Crippen molar-refractivity contribution < 1.29 is 9.53 Å². The van der Waals surface area contributed by atoms with Gasteiger partial charge in [-0.25, -0.2) is 0 Å². The van der Waals surface area contributed by atoms with Crippen molar-refractivity contribution in [3.8, 4) is 0 Å². The van der Waals surface area contributed by atoms with Gasteiger partial charge in [0.1, 0.15) is 0 Å². The van der Waals surface area contributed by atoms with Crippen molar-refractivity contribution in [2.24, 2.45) is 5.92 Å². The molecule has 0 radical (unpaired) electrons. The monoisotopic (exact) mass is 129 g/mol. The van der Waals surface area contributed by atoms with E-state index in [2.05, 4.69) is 5.32 Å². The van der Waals surface area contributed by atoms with Crippen LogP contribution in [0.5, 0.6) is 0 Å². The Bertz CT molecular complexity index is 110. The third-order valence-electron chi connectivity index (χ3n) is 1.35. The van der Waals surface area contributed by atoms with Crippen LogP contribution in [0.15, 0.2) is 0 Å². The molecule has 1 aliphatic rings. The Kier molecular flexibility index (Phi) is 2.05. The second-order valence-electron chi connectivity index (χ2n) is 2.34. The van der Waals surface area contributed by atoms with E-state index < -0.39 is 0 Å². The summed E-state index contributed by atoms with van der Waals surface area (Å²) in [6.45, 7) is 3.91. The fraction of sp³-hybridized carbons (Fsp3) is 0.833. The second kappa shape index (κ2) is 2.82. The zero-order valence-corrected chi connectivity index (χ0v) is 5.52. The summed E-state index contributed by atoms with van der Waals surface area (Å²) < 4.78 is 4.92. The standard InChI is InChI=1S/C6H11NO2/c1-5(8)7-2-6-3-9-4-6/h6H,2-4H2,1H3,(H,7,8). The average molecular weight is 129 g/mol. The van der Waals surface area contributed by atoms with Gasteiger partial charge in [-0.05, 0) is 0 Å². The van der Waals surface area contributed by atoms with Crippen LogP contribution in [0.4, 0.5) is 0 Å². The Morgan fingerprint density at radius 3 is 2.78 bits per heavy atom. The average Bonchev–Trinajstić information content (AvgIpc) is 1.60. The van der Waals surface area contributed by atoms with E-state index >= 15 is 0 Å². The van der Waals surface area contributed by atoms with Crippen LogP contribution < -0.4 is 5.32 Å². The number of carbonyl (C=O) groups excluding carboxylic acids is 1. The molecule has 1 saturated heterocycles. The van der Waals surface area contributed by atoms with Crippen molar-refractivity contribution in [3.63, 3.8) is 0 Å². The van der Waals surface area contributed by atoms with Crippen LogP contribution in [0.1, 0.15) is 6.92 Å². The molecule has 1 amide bonds. The minimum absolute atomic E-state index is 0.0434. The van der Waals surface area contributed by atoms with E-state index in [-0.39, 0.29) is 5.91 Å².